The first-order valence-corrected chi connectivity index (χ1v) is 6.98. The van der Waals surface area contributed by atoms with E-state index in [2.05, 4.69) is 11.4 Å². The van der Waals surface area contributed by atoms with Gasteiger partial charge in [0.1, 0.15) is 23.1 Å². The van der Waals surface area contributed by atoms with E-state index in [1.807, 2.05) is 0 Å². The summed E-state index contributed by atoms with van der Waals surface area (Å²) in [7, 11) is 0. The second-order valence-corrected chi connectivity index (χ2v) is 5.40. The van der Waals surface area contributed by atoms with Crippen LogP contribution in [-0.2, 0) is 12.8 Å². The highest BCUT2D eigenvalue weighted by Gasteiger charge is 2.35. The summed E-state index contributed by atoms with van der Waals surface area (Å²) in [6.45, 7) is 3.46. The molecule has 4 nitrogen and oxygen atoms in total. The normalized spacial score (nSPS) is 23.4. The van der Waals surface area contributed by atoms with Gasteiger partial charge in [0.15, 0.2) is 0 Å². The molecule has 0 amide bonds. The quantitative estimate of drug-likeness (QED) is 0.827. The molecule has 1 N–H and O–H groups in total. The van der Waals surface area contributed by atoms with E-state index in [-0.39, 0.29) is 0 Å². The largest absolute Gasteiger partial charge is 0.493 e. The highest BCUT2D eigenvalue weighted by molar-refractivity contribution is 5.66. The van der Waals surface area contributed by atoms with Gasteiger partial charge in [-0.05, 0) is 13.0 Å². The van der Waals surface area contributed by atoms with Crippen molar-refractivity contribution < 1.29 is 9.47 Å². The second kappa shape index (κ2) is 4.14. The molecule has 4 heteroatoms. The van der Waals surface area contributed by atoms with E-state index < -0.39 is 0 Å². The predicted molar refractivity (Wildman–Crippen MR) is 69.8 cm³/mol. The van der Waals surface area contributed by atoms with Crippen LogP contribution in [0.15, 0.2) is 0 Å². The molecule has 1 unspecified atom stereocenters. The van der Waals surface area contributed by atoms with Crippen molar-refractivity contribution in [1.82, 2.24) is 5.32 Å². The first kappa shape index (κ1) is 11.1. The summed E-state index contributed by atoms with van der Waals surface area (Å²) in [5.74, 6) is 2.35. The third kappa shape index (κ3) is 1.48. The van der Waals surface area contributed by atoms with Crippen LogP contribution in [0, 0.1) is 11.3 Å². The number of fused-ring (bicyclic) bond motifs is 2. The van der Waals surface area contributed by atoms with Crippen molar-refractivity contribution in [3.63, 3.8) is 0 Å². The van der Waals surface area contributed by atoms with Gasteiger partial charge in [-0.2, -0.15) is 5.26 Å². The van der Waals surface area contributed by atoms with Gasteiger partial charge in [0.25, 0.3) is 0 Å². The fraction of sp³-hybridized carbons (Fsp3) is 0.533. The molecule has 1 aromatic rings. The molecule has 0 aromatic heterocycles. The first-order chi connectivity index (χ1) is 9.40. The van der Waals surface area contributed by atoms with E-state index in [4.69, 9.17) is 9.47 Å². The van der Waals surface area contributed by atoms with Gasteiger partial charge >= 0.3 is 0 Å². The summed E-state index contributed by atoms with van der Waals surface area (Å²) < 4.78 is 11.6. The Labute approximate surface area is 112 Å². The van der Waals surface area contributed by atoms with Crippen LogP contribution in [0.1, 0.15) is 34.6 Å². The fourth-order valence-corrected chi connectivity index (χ4v) is 3.60. The standard InChI is InChI=1S/C15H16N2O2/c16-7-12-10-2-5-19-15(10)13(9-1-4-17-8-9)11-3-6-18-14(11)12/h9,17H,1-6,8H2. The third-order valence-electron chi connectivity index (χ3n) is 4.42. The summed E-state index contributed by atoms with van der Waals surface area (Å²) in [6, 6.07) is 2.32. The Balaban J connectivity index is 1.98. The molecular formula is C15H16N2O2. The van der Waals surface area contributed by atoms with E-state index >= 15 is 0 Å². The molecule has 1 saturated heterocycles. The maximum atomic E-state index is 9.42. The Morgan fingerprint density at radius 3 is 2.63 bits per heavy atom. The summed E-state index contributed by atoms with van der Waals surface area (Å²) in [6.07, 6.45) is 2.89. The maximum Gasteiger partial charge on any atom is 0.141 e. The van der Waals surface area contributed by atoms with Crippen LogP contribution < -0.4 is 14.8 Å². The van der Waals surface area contributed by atoms with Gasteiger partial charge in [0.05, 0.1) is 13.2 Å². The minimum absolute atomic E-state index is 0.509. The van der Waals surface area contributed by atoms with Crippen LogP contribution in [0.2, 0.25) is 0 Å². The lowest BCUT2D eigenvalue weighted by Gasteiger charge is -2.18. The highest BCUT2D eigenvalue weighted by Crippen LogP contribution is 2.47. The molecule has 0 radical (unpaired) electrons. The molecule has 0 bridgehead atoms. The van der Waals surface area contributed by atoms with Crippen LogP contribution >= 0.6 is 0 Å². The van der Waals surface area contributed by atoms with Gasteiger partial charge in [0, 0.05) is 42.0 Å². The second-order valence-electron chi connectivity index (χ2n) is 5.40. The van der Waals surface area contributed by atoms with Crippen molar-refractivity contribution in [3.05, 3.63) is 22.3 Å². The van der Waals surface area contributed by atoms with Crippen molar-refractivity contribution in [2.75, 3.05) is 26.3 Å². The molecule has 4 rings (SSSR count). The average molecular weight is 256 g/mol. The number of ether oxygens (including phenoxy) is 2. The van der Waals surface area contributed by atoms with Crippen LogP contribution in [0.3, 0.4) is 0 Å². The van der Waals surface area contributed by atoms with Gasteiger partial charge in [-0.3, -0.25) is 0 Å². The number of hydrogen-bond acceptors (Lipinski definition) is 4. The number of rotatable bonds is 1. The maximum absolute atomic E-state index is 9.42. The van der Waals surface area contributed by atoms with Crippen molar-refractivity contribution in [1.29, 1.82) is 5.26 Å². The zero-order valence-corrected chi connectivity index (χ0v) is 10.8. The van der Waals surface area contributed by atoms with Crippen molar-refractivity contribution in [2.45, 2.75) is 25.2 Å². The number of nitrogens with zero attached hydrogens (tertiary/aromatic N) is 1. The van der Waals surface area contributed by atoms with E-state index in [1.54, 1.807) is 0 Å². The molecular weight excluding hydrogens is 240 g/mol. The monoisotopic (exact) mass is 256 g/mol. The van der Waals surface area contributed by atoms with E-state index in [0.717, 1.165) is 55.0 Å². The Morgan fingerprint density at radius 1 is 1.11 bits per heavy atom. The summed E-state index contributed by atoms with van der Waals surface area (Å²) in [4.78, 5) is 0. The Morgan fingerprint density at radius 2 is 1.89 bits per heavy atom. The van der Waals surface area contributed by atoms with Crippen LogP contribution in [-0.4, -0.2) is 26.3 Å². The van der Waals surface area contributed by atoms with Crippen molar-refractivity contribution in [2.24, 2.45) is 0 Å². The molecule has 3 aliphatic rings. The molecule has 1 atom stereocenters. The topological polar surface area (TPSA) is 54.3 Å². The zero-order chi connectivity index (χ0) is 12.8. The Kier molecular flexibility index (Phi) is 2.42. The smallest absolute Gasteiger partial charge is 0.141 e. The predicted octanol–water partition coefficient (Wildman–Crippen LogP) is 1.50. The van der Waals surface area contributed by atoms with Crippen molar-refractivity contribution in [3.8, 4) is 17.6 Å². The lowest BCUT2D eigenvalue weighted by molar-refractivity contribution is 0.351. The molecule has 0 spiro atoms. The summed E-state index contributed by atoms with van der Waals surface area (Å²) in [5.41, 5.74) is 4.34. The summed E-state index contributed by atoms with van der Waals surface area (Å²) in [5, 5.41) is 12.8. The number of nitrogens with one attached hydrogen (secondary N) is 1. The molecule has 3 heterocycles. The molecule has 1 aromatic carbocycles. The molecule has 98 valence electrons. The molecule has 1 fully saturated rings. The number of nitriles is 1. The lowest BCUT2D eigenvalue weighted by atomic mass is 9.87. The molecule has 0 saturated carbocycles. The van der Waals surface area contributed by atoms with E-state index in [9.17, 15) is 5.26 Å². The third-order valence-corrected chi connectivity index (χ3v) is 4.42. The van der Waals surface area contributed by atoms with Gasteiger partial charge in [-0.15, -0.1) is 0 Å². The van der Waals surface area contributed by atoms with Crippen LogP contribution in [0.5, 0.6) is 11.5 Å². The number of hydrogen-bond donors (Lipinski definition) is 1. The first-order valence-electron chi connectivity index (χ1n) is 6.98. The Bertz CT molecular complexity index is 548. The van der Waals surface area contributed by atoms with Gasteiger partial charge < -0.3 is 14.8 Å². The zero-order valence-electron chi connectivity index (χ0n) is 10.8. The lowest BCUT2D eigenvalue weighted by Crippen LogP contribution is -2.10. The van der Waals surface area contributed by atoms with Crippen LogP contribution in [0.4, 0.5) is 0 Å². The summed E-state index contributed by atoms with van der Waals surface area (Å²) >= 11 is 0. The Hall–Kier alpha value is -1.73. The van der Waals surface area contributed by atoms with Gasteiger partial charge in [0.2, 0.25) is 0 Å². The van der Waals surface area contributed by atoms with Gasteiger partial charge in [-0.25, -0.2) is 0 Å². The van der Waals surface area contributed by atoms with E-state index in [0.29, 0.717) is 19.1 Å². The highest BCUT2D eigenvalue weighted by atomic mass is 16.5. The minimum atomic E-state index is 0.509. The van der Waals surface area contributed by atoms with Crippen LogP contribution in [0.25, 0.3) is 0 Å². The minimum Gasteiger partial charge on any atom is -0.493 e. The average Bonchev–Trinajstić information content (AvgIpc) is 3.15. The molecule has 0 aliphatic carbocycles. The SMILES string of the molecule is N#Cc1c2c(c(C3CCNC3)c3c1OCC3)OCC2. The van der Waals surface area contributed by atoms with Crippen molar-refractivity contribution >= 4 is 0 Å². The van der Waals surface area contributed by atoms with E-state index in [1.165, 1.54) is 11.1 Å². The fourth-order valence-electron chi connectivity index (χ4n) is 3.60. The van der Waals surface area contributed by atoms with Gasteiger partial charge in [-0.1, -0.05) is 0 Å². The number of benzene rings is 1. The molecule has 19 heavy (non-hydrogen) atoms. The molecule has 3 aliphatic heterocycles.